The van der Waals surface area contributed by atoms with Crippen LogP contribution in [0.2, 0.25) is 0 Å². The highest BCUT2D eigenvalue weighted by molar-refractivity contribution is 5.72. The monoisotopic (exact) mass is 257 g/mol. The second-order valence-corrected chi connectivity index (χ2v) is 4.57. The Morgan fingerprint density at radius 3 is 2.22 bits per heavy atom. The van der Waals surface area contributed by atoms with Gasteiger partial charge < -0.3 is 9.47 Å². The number of ether oxygens (including phenoxy) is 2. The lowest BCUT2D eigenvalue weighted by molar-refractivity contribution is -0.148. The molecule has 1 fully saturated rings. The Bertz CT molecular complexity index is 289. The molecular formula is C13H23NO4. The summed E-state index contributed by atoms with van der Waals surface area (Å²) in [7, 11) is 0. The molecule has 0 saturated heterocycles. The van der Waals surface area contributed by atoms with E-state index in [0.29, 0.717) is 25.7 Å². The number of hydrogen-bond acceptors (Lipinski definition) is 5. The SMILES string of the molecule is CCOC(=O)CC(C)N(CC(=O)OCC)C1CC1. The number of nitrogens with zero attached hydrogens (tertiary/aromatic N) is 1. The molecule has 0 amide bonds. The molecule has 0 aliphatic heterocycles. The smallest absolute Gasteiger partial charge is 0.320 e. The predicted molar refractivity (Wildman–Crippen MR) is 67.1 cm³/mol. The topological polar surface area (TPSA) is 55.8 Å². The molecule has 0 radical (unpaired) electrons. The van der Waals surface area contributed by atoms with Gasteiger partial charge in [0, 0.05) is 12.1 Å². The van der Waals surface area contributed by atoms with Gasteiger partial charge in [-0.15, -0.1) is 0 Å². The molecule has 0 aromatic rings. The molecule has 1 rings (SSSR count). The maximum atomic E-state index is 11.5. The van der Waals surface area contributed by atoms with Gasteiger partial charge in [-0.25, -0.2) is 0 Å². The van der Waals surface area contributed by atoms with Crippen LogP contribution in [0.4, 0.5) is 0 Å². The summed E-state index contributed by atoms with van der Waals surface area (Å²) in [4.78, 5) is 25.0. The first-order chi connectivity index (χ1) is 8.58. The Morgan fingerprint density at radius 1 is 1.17 bits per heavy atom. The fourth-order valence-corrected chi connectivity index (χ4v) is 1.99. The van der Waals surface area contributed by atoms with Gasteiger partial charge in [-0.05, 0) is 33.6 Å². The number of hydrogen-bond donors (Lipinski definition) is 0. The first-order valence-electron chi connectivity index (χ1n) is 6.65. The highest BCUT2D eigenvalue weighted by Gasteiger charge is 2.34. The first-order valence-corrected chi connectivity index (χ1v) is 6.65. The zero-order valence-corrected chi connectivity index (χ0v) is 11.5. The number of carbonyl (C=O) groups excluding carboxylic acids is 2. The van der Waals surface area contributed by atoms with Crippen molar-refractivity contribution >= 4 is 11.9 Å². The van der Waals surface area contributed by atoms with E-state index >= 15 is 0 Å². The minimum absolute atomic E-state index is 0.0148. The van der Waals surface area contributed by atoms with E-state index in [1.54, 1.807) is 13.8 Å². The molecular weight excluding hydrogens is 234 g/mol. The van der Waals surface area contributed by atoms with Crippen LogP contribution in [0.3, 0.4) is 0 Å². The molecule has 1 unspecified atom stereocenters. The van der Waals surface area contributed by atoms with Crippen molar-refractivity contribution in [1.29, 1.82) is 0 Å². The molecule has 1 saturated carbocycles. The van der Waals surface area contributed by atoms with Crippen molar-refractivity contribution in [3.05, 3.63) is 0 Å². The Balaban J connectivity index is 2.45. The van der Waals surface area contributed by atoms with Gasteiger partial charge in [0.15, 0.2) is 0 Å². The minimum atomic E-state index is -0.222. The first kappa shape index (κ1) is 15.0. The van der Waals surface area contributed by atoms with Crippen LogP contribution >= 0.6 is 0 Å². The molecule has 0 spiro atoms. The summed E-state index contributed by atoms with van der Waals surface area (Å²) in [5.41, 5.74) is 0. The van der Waals surface area contributed by atoms with Gasteiger partial charge in [0.25, 0.3) is 0 Å². The zero-order chi connectivity index (χ0) is 13.5. The van der Waals surface area contributed by atoms with Gasteiger partial charge in [-0.1, -0.05) is 0 Å². The highest BCUT2D eigenvalue weighted by atomic mass is 16.5. The molecule has 0 heterocycles. The Hall–Kier alpha value is -1.10. The van der Waals surface area contributed by atoms with Crippen LogP contribution in [-0.4, -0.2) is 48.7 Å². The molecule has 5 nitrogen and oxygen atoms in total. The zero-order valence-electron chi connectivity index (χ0n) is 11.5. The van der Waals surface area contributed by atoms with Crippen LogP contribution in [0, 0.1) is 0 Å². The van der Waals surface area contributed by atoms with Crippen LogP contribution in [0.1, 0.15) is 40.0 Å². The van der Waals surface area contributed by atoms with E-state index in [1.165, 1.54) is 0 Å². The summed E-state index contributed by atoms with van der Waals surface area (Å²) in [6.07, 6.45) is 2.50. The molecule has 1 atom stereocenters. The van der Waals surface area contributed by atoms with Crippen molar-refractivity contribution in [1.82, 2.24) is 4.90 Å². The van der Waals surface area contributed by atoms with Gasteiger partial charge in [-0.2, -0.15) is 0 Å². The van der Waals surface area contributed by atoms with Crippen molar-refractivity contribution in [3.63, 3.8) is 0 Å². The number of carbonyl (C=O) groups is 2. The van der Waals surface area contributed by atoms with Crippen LogP contribution < -0.4 is 0 Å². The fraction of sp³-hybridized carbons (Fsp3) is 0.846. The minimum Gasteiger partial charge on any atom is -0.466 e. The van der Waals surface area contributed by atoms with E-state index < -0.39 is 0 Å². The second kappa shape index (κ2) is 7.36. The summed E-state index contributed by atoms with van der Waals surface area (Å²) in [6, 6.07) is 0.430. The lowest BCUT2D eigenvalue weighted by atomic mass is 10.2. The maximum Gasteiger partial charge on any atom is 0.320 e. The summed E-state index contributed by atoms with van der Waals surface area (Å²) < 4.78 is 9.89. The second-order valence-electron chi connectivity index (χ2n) is 4.57. The molecule has 1 aliphatic rings. The van der Waals surface area contributed by atoms with Gasteiger partial charge in [0.1, 0.15) is 0 Å². The molecule has 1 aliphatic carbocycles. The van der Waals surface area contributed by atoms with Gasteiger partial charge in [0.05, 0.1) is 26.2 Å². The fourth-order valence-electron chi connectivity index (χ4n) is 1.99. The summed E-state index contributed by atoms with van der Waals surface area (Å²) in [5, 5.41) is 0. The molecule has 0 aromatic carbocycles. The van der Waals surface area contributed by atoms with Gasteiger partial charge >= 0.3 is 11.9 Å². The summed E-state index contributed by atoms with van der Waals surface area (Å²) in [5.74, 6) is -0.431. The van der Waals surface area contributed by atoms with Crippen LogP contribution in [0.25, 0.3) is 0 Å². The standard InChI is InChI=1S/C13H23NO4/c1-4-17-12(15)8-10(3)14(11-6-7-11)9-13(16)18-5-2/h10-11H,4-9H2,1-3H3. The van der Waals surface area contributed by atoms with E-state index in [9.17, 15) is 9.59 Å². The third-order valence-corrected chi connectivity index (χ3v) is 2.97. The highest BCUT2D eigenvalue weighted by Crippen LogP contribution is 2.29. The number of esters is 2. The molecule has 0 bridgehead atoms. The van der Waals surface area contributed by atoms with Crippen LogP contribution in [-0.2, 0) is 19.1 Å². The molecule has 104 valence electrons. The van der Waals surface area contributed by atoms with Crippen molar-refractivity contribution in [2.45, 2.75) is 52.1 Å². The summed E-state index contributed by atoms with van der Waals surface area (Å²) in [6.45, 7) is 6.59. The van der Waals surface area contributed by atoms with Gasteiger partial charge in [-0.3, -0.25) is 14.5 Å². The van der Waals surface area contributed by atoms with Crippen LogP contribution in [0.5, 0.6) is 0 Å². The lowest BCUT2D eigenvalue weighted by Crippen LogP contribution is -2.41. The molecule has 5 heteroatoms. The van der Waals surface area contributed by atoms with Crippen molar-refractivity contribution < 1.29 is 19.1 Å². The molecule has 18 heavy (non-hydrogen) atoms. The Morgan fingerprint density at radius 2 is 1.72 bits per heavy atom. The third kappa shape index (κ3) is 5.04. The van der Waals surface area contributed by atoms with Crippen molar-refractivity contribution in [3.8, 4) is 0 Å². The average Bonchev–Trinajstić information content (AvgIpc) is 3.10. The largest absolute Gasteiger partial charge is 0.466 e. The van der Waals surface area contributed by atoms with Gasteiger partial charge in [0.2, 0.25) is 0 Å². The maximum absolute atomic E-state index is 11.5. The third-order valence-electron chi connectivity index (χ3n) is 2.97. The summed E-state index contributed by atoms with van der Waals surface area (Å²) >= 11 is 0. The normalized spacial score (nSPS) is 16.4. The van der Waals surface area contributed by atoms with E-state index in [-0.39, 0.29) is 24.5 Å². The molecule has 0 aromatic heterocycles. The van der Waals surface area contributed by atoms with E-state index in [0.717, 1.165) is 12.8 Å². The lowest BCUT2D eigenvalue weighted by Gasteiger charge is -2.27. The Labute approximate surface area is 108 Å². The quantitative estimate of drug-likeness (QED) is 0.614. The van der Waals surface area contributed by atoms with E-state index in [1.807, 2.05) is 6.92 Å². The number of rotatable bonds is 8. The van der Waals surface area contributed by atoms with Crippen molar-refractivity contribution in [2.75, 3.05) is 19.8 Å². The van der Waals surface area contributed by atoms with E-state index in [4.69, 9.17) is 9.47 Å². The Kier molecular flexibility index (Phi) is 6.12. The van der Waals surface area contributed by atoms with Crippen molar-refractivity contribution in [2.24, 2.45) is 0 Å². The molecule has 0 N–H and O–H groups in total. The average molecular weight is 257 g/mol. The predicted octanol–water partition coefficient (Wildman–Crippen LogP) is 1.36. The van der Waals surface area contributed by atoms with E-state index in [2.05, 4.69) is 4.90 Å². The van der Waals surface area contributed by atoms with Crippen LogP contribution in [0.15, 0.2) is 0 Å².